The van der Waals surface area contributed by atoms with Crippen LogP contribution in [-0.4, -0.2) is 18.0 Å². The Labute approximate surface area is 96.5 Å². The van der Waals surface area contributed by atoms with E-state index in [4.69, 9.17) is 5.26 Å². The van der Waals surface area contributed by atoms with E-state index < -0.39 is 0 Å². The molecule has 0 amide bonds. The van der Waals surface area contributed by atoms with Crippen molar-refractivity contribution in [2.75, 3.05) is 13.1 Å². The fraction of sp³-hybridized carbons (Fsp3) is 0.500. The summed E-state index contributed by atoms with van der Waals surface area (Å²) in [6.45, 7) is 1.82. The van der Waals surface area contributed by atoms with Crippen LogP contribution in [0.3, 0.4) is 0 Å². The molecule has 82 valence electrons. The summed E-state index contributed by atoms with van der Waals surface area (Å²) in [6.07, 6.45) is 7.11. The van der Waals surface area contributed by atoms with E-state index in [0.29, 0.717) is 5.92 Å². The zero-order valence-electron chi connectivity index (χ0n) is 9.45. The average molecular weight is 212 g/mol. The van der Waals surface area contributed by atoms with Crippen LogP contribution in [0.2, 0.25) is 0 Å². The van der Waals surface area contributed by atoms with Crippen molar-refractivity contribution in [2.45, 2.75) is 31.6 Å². The molecule has 1 unspecified atom stereocenters. The molecule has 0 saturated heterocycles. The molecule has 0 spiro atoms. The monoisotopic (exact) mass is 212 g/mol. The van der Waals surface area contributed by atoms with Crippen molar-refractivity contribution in [3.05, 3.63) is 34.9 Å². The molecule has 1 aromatic rings. The normalized spacial score (nSPS) is 23.2. The number of rotatable bonds is 0. The van der Waals surface area contributed by atoms with E-state index >= 15 is 0 Å². The molecule has 1 atom stereocenters. The first kappa shape index (κ1) is 9.72. The Bertz CT molecular complexity index is 445. The maximum Gasteiger partial charge on any atom is 0.179 e. The lowest BCUT2D eigenvalue weighted by molar-refractivity contribution is 0.361. The Morgan fingerprint density at radius 1 is 1.25 bits per heavy atom. The lowest BCUT2D eigenvalue weighted by atomic mass is 9.80. The highest BCUT2D eigenvalue weighted by molar-refractivity contribution is 5.41. The molecule has 2 nitrogen and oxygen atoms in total. The average Bonchev–Trinajstić information content (AvgIpc) is 2.51. The second-order valence-corrected chi connectivity index (χ2v) is 4.88. The maximum absolute atomic E-state index is 9.07. The van der Waals surface area contributed by atoms with E-state index in [2.05, 4.69) is 24.4 Å². The molecular formula is C14H16N2. The molecule has 0 fully saturated rings. The summed E-state index contributed by atoms with van der Waals surface area (Å²) in [7, 11) is 0. The zero-order valence-corrected chi connectivity index (χ0v) is 9.45. The fourth-order valence-corrected chi connectivity index (χ4v) is 3.20. The molecule has 0 N–H and O–H groups in total. The predicted octanol–water partition coefficient (Wildman–Crippen LogP) is 2.45. The molecule has 1 aromatic carbocycles. The first-order valence-electron chi connectivity index (χ1n) is 6.14. The van der Waals surface area contributed by atoms with Crippen LogP contribution in [0.15, 0.2) is 18.2 Å². The Morgan fingerprint density at radius 2 is 2.06 bits per heavy atom. The van der Waals surface area contributed by atoms with Gasteiger partial charge in [-0.1, -0.05) is 18.2 Å². The van der Waals surface area contributed by atoms with Crippen molar-refractivity contribution in [2.24, 2.45) is 0 Å². The largest absolute Gasteiger partial charge is 0.310 e. The first-order chi connectivity index (χ1) is 7.88. The van der Waals surface area contributed by atoms with Crippen LogP contribution in [-0.2, 0) is 12.8 Å². The van der Waals surface area contributed by atoms with Gasteiger partial charge in [0, 0.05) is 19.0 Å². The summed E-state index contributed by atoms with van der Waals surface area (Å²) in [5.41, 5.74) is 4.60. The quantitative estimate of drug-likeness (QED) is 0.618. The molecule has 0 bridgehead atoms. The van der Waals surface area contributed by atoms with Crippen molar-refractivity contribution >= 4 is 0 Å². The minimum absolute atomic E-state index is 0.599. The van der Waals surface area contributed by atoms with Crippen LogP contribution in [0.4, 0.5) is 0 Å². The highest BCUT2D eigenvalue weighted by atomic mass is 15.1. The molecule has 2 aliphatic rings. The van der Waals surface area contributed by atoms with Gasteiger partial charge in [0.25, 0.3) is 0 Å². The van der Waals surface area contributed by atoms with Gasteiger partial charge in [0.1, 0.15) is 0 Å². The second-order valence-electron chi connectivity index (χ2n) is 4.88. The molecule has 16 heavy (non-hydrogen) atoms. The van der Waals surface area contributed by atoms with E-state index in [9.17, 15) is 0 Å². The lowest BCUT2D eigenvalue weighted by Gasteiger charge is -2.27. The van der Waals surface area contributed by atoms with Gasteiger partial charge in [-0.3, -0.25) is 0 Å². The van der Waals surface area contributed by atoms with Gasteiger partial charge in [-0.25, -0.2) is 0 Å². The molecule has 3 rings (SSSR count). The van der Waals surface area contributed by atoms with Crippen LogP contribution >= 0.6 is 0 Å². The third-order valence-electron chi connectivity index (χ3n) is 3.93. The number of hydrogen-bond donors (Lipinski definition) is 0. The molecule has 1 aliphatic heterocycles. The standard InChI is InChI=1S/C14H16N2/c15-10-16-8-7-12-5-1-3-11-4-2-6-13(9-16)14(11)12/h1,3,5,13H,2,4,6-9H2. The van der Waals surface area contributed by atoms with Crippen molar-refractivity contribution in [3.63, 3.8) is 0 Å². The van der Waals surface area contributed by atoms with Gasteiger partial charge >= 0.3 is 0 Å². The number of hydrogen-bond acceptors (Lipinski definition) is 2. The number of benzene rings is 1. The van der Waals surface area contributed by atoms with Crippen LogP contribution in [0.5, 0.6) is 0 Å². The molecule has 0 aromatic heterocycles. The third kappa shape index (κ3) is 1.48. The molecule has 2 heteroatoms. The van der Waals surface area contributed by atoms with Crippen molar-refractivity contribution in [1.82, 2.24) is 4.90 Å². The summed E-state index contributed by atoms with van der Waals surface area (Å²) >= 11 is 0. The van der Waals surface area contributed by atoms with Crippen LogP contribution in [0.1, 0.15) is 35.4 Å². The number of aryl methyl sites for hydroxylation is 1. The maximum atomic E-state index is 9.07. The lowest BCUT2D eigenvalue weighted by Crippen LogP contribution is -2.24. The molecule has 1 heterocycles. The highest BCUT2D eigenvalue weighted by Crippen LogP contribution is 2.36. The minimum Gasteiger partial charge on any atom is -0.310 e. The predicted molar refractivity (Wildman–Crippen MR) is 63.0 cm³/mol. The molecule has 0 saturated carbocycles. The first-order valence-corrected chi connectivity index (χ1v) is 6.14. The van der Waals surface area contributed by atoms with E-state index in [1.807, 2.05) is 4.90 Å². The third-order valence-corrected chi connectivity index (χ3v) is 3.93. The van der Waals surface area contributed by atoms with Gasteiger partial charge in [-0.05, 0) is 42.4 Å². The summed E-state index contributed by atoms with van der Waals surface area (Å²) in [5, 5.41) is 9.07. The summed E-state index contributed by atoms with van der Waals surface area (Å²) in [6, 6.07) is 6.70. The molecular weight excluding hydrogens is 196 g/mol. The van der Waals surface area contributed by atoms with E-state index in [1.54, 1.807) is 5.56 Å². The van der Waals surface area contributed by atoms with Gasteiger partial charge in [0.15, 0.2) is 6.19 Å². The van der Waals surface area contributed by atoms with Gasteiger partial charge in [-0.2, -0.15) is 5.26 Å². The van der Waals surface area contributed by atoms with Gasteiger partial charge in [0.2, 0.25) is 0 Å². The SMILES string of the molecule is N#CN1CCc2cccc3c2C(CCC3)C1. The smallest absolute Gasteiger partial charge is 0.179 e. The van der Waals surface area contributed by atoms with Gasteiger partial charge in [-0.15, -0.1) is 0 Å². The summed E-state index contributed by atoms with van der Waals surface area (Å²) < 4.78 is 0. The second kappa shape index (κ2) is 3.83. The van der Waals surface area contributed by atoms with Crippen LogP contribution in [0, 0.1) is 11.5 Å². The highest BCUT2D eigenvalue weighted by Gasteiger charge is 2.27. The van der Waals surface area contributed by atoms with Crippen molar-refractivity contribution in [1.29, 1.82) is 5.26 Å². The fourth-order valence-electron chi connectivity index (χ4n) is 3.20. The van der Waals surface area contributed by atoms with Gasteiger partial charge < -0.3 is 4.90 Å². The van der Waals surface area contributed by atoms with Crippen LogP contribution in [0.25, 0.3) is 0 Å². The van der Waals surface area contributed by atoms with E-state index in [1.165, 1.54) is 30.4 Å². The Morgan fingerprint density at radius 3 is 2.88 bits per heavy atom. The van der Waals surface area contributed by atoms with Crippen molar-refractivity contribution in [3.8, 4) is 6.19 Å². The van der Waals surface area contributed by atoms with E-state index in [0.717, 1.165) is 19.5 Å². The summed E-state index contributed by atoms with van der Waals surface area (Å²) in [5.74, 6) is 0.599. The number of nitrogens with zero attached hydrogens (tertiary/aromatic N) is 2. The minimum atomic E-state index is 0.599. The molecule has 0 radical (unpaired) electrons. The van der Waals surface area contributed by atoms with E-state index in [-0.39, 0.29) is 0 Å². The zero-order chi connectivity index (χ0) is 11.0. The van der Waals surface area contributed by atoms with Crippen LogP contribution < -0.4 is 0 Å². The Hall–Kier alpha value is -1.49. The summed E-state index contributed by atoms with van der Waals surface area (Å²) in [4.78, 5) is 1.93. The van der Waals surface area contributed by atoms with Gasteiger partial charge in [0.05, 0.1) is 0 Å². The molecule has 1 aliphatic carbocycles. The Balaban J connectivity index is 2.06. The number of nitriles is 1. The Kier molecular flexibility index (Phi) is 2.32. The van der Waals surface area contributed by atoms with Crippen molar-refractivity contribution < 1.29 is 0 Å². The topological polar surface area (TPSA) is 27.0 Å².